The molecule has 0 aliphatic carbocycles. The van der Waals surface area contributed by atoms with E-state index < -0.39 is 0 Å². The van der Waals surface area contributed by atoms with Crippen LogP contribution in [0.15, 0.2) is 42.7 Å². The van der Waals surface area contributed by atoms with Crippen molar-refractivity contribution in [2.24, 2.45) is 0 Å². The number of hydrogen-bond acceptors (Lipinski definition) is 4. The maximum absolute atomic E-state index is 11.9. The summed E-state index contributed by atoms with van der Waals surface area (Å²) in [4.78, 5) is 11.9. The third kappa shape index (κ3) is 4.82. The molecule has 6 nitrogen and oxygen atoms in total. The van der Waals surface area contributed by atoms with E-state index in [0.29, 0.717) is 18.7 Å². The van der Waals surface area contributed by atoms with Crippen molar-refractivity contribution in [3.8, 4) is 5.75 Å². The van der Waals surface area contributed by atoms with Crippen LogP contribution in [0, 0.1) is 0 Å². The lowest BCUT2D eigenvalue weighted by atomic mass is 10.2. The topological polar surface area (TPSA) is 65.4 Å². The van der Waals surface area contributed by atoms with E-state index in [-0.39, 0.29) is 12.0 Å². The van der Waals surface area contributed by atoms with Crippen molar-refractivity contribution < 1.29 is 14.3 Å². The van der Waals surface area contributed by atoms with Crippen molar-refractivity contribution >= 4 is 11.6 Å². The van der Waals surface area contributed by atoms with Gasteiger partial charge in [0, 0.05) is 12.8 Å². The molecule has 1 amide bonds. The molecule has 3 rings (SSSR count). The van der Waals surface area contributed by atoms with Gasteiger partial charge in [0.15, 0.2) is 0 Å². The van der Waals surface area contributed by atoms with E-state index in [0.717, 1.165) is 31.7 Å². The number of rotatable bonds is 7. The highest BCUT2D eigenvalue weighted by molar-refractivity contribution is 5.90. The predicted octanol–water partition coefficient (Wildman–Crippen LogP) is 2.47. The number of hydrogen-bond donors (Lipinski definition) is 1. The van der Waals surface area contributed by atoms with Crippen LogP contribution in [0.25, 0.3) is 0 Å². The smallest absolute Gasteiger partial charge is 0.227 e. The predicted molar refractivity (Wildman–Crippen MR) is 86.4 cm³/mol. The van der Waals surface area contributed by atoms with Crippen LogP contribution >= 0.6 is 0 Å². The lowest BCUT2D eigenvalue weighted by Crippen LogP contribution is -2.16. The highest BCUT2D eigenvalue weighted by Crippen LogP contribution is 2.15. The van der Waals surface area contributed by atoms with Gasteiger partial charge in [0.25, 0.3) is 0 Å². The second-order valence-corrected chi connectivity index (χ2v) is 5.55. The molecule has 1 N–H and O–H groups in total. The van der Waals surface area contributed by atoms with Gasteiger partial charge in [0.05, 0.1) is 37.6 Å². The first-order chi connectivity index (χ1) is 11.3. The molecule has 0 radical (unpaired) electrons. The van der Waals surface area contributed by atoms with Gasteiger partial charge in [0.2, 0.25) is 5.91 Å². The highest BCUT2D eigenvalue weighted by atomic mass is 16.5. The van der Waals surface area contributed by atoms with Crippen LogP contribution in [0.3, 0.4) is 0 Å². The Balaban J connectivity index is 1.40. The van der Waals surface area contributed by atoms with Crippen molar-refractivity contribution in [3.63, 3.8) is 0 Å². The minimum Gasteiger partial charge on any atom is -0.493 e. The molecular formula is C17H21N3O3. The number of amides is 1. The fourth-order valence-corrected chi connectivity index (χ4v) is 2.53. The second-order valence-electron chi connectivity index (χ2n) is 5.55. The number of nitrogens with one attached hydrogen (secondary N) is 1. The summed E-state index contributed by atoms with van der Waals surface area (Å²) in [5, 5.41) is 7.08. The number of aromatic nitrogens is 2. The largest absolute Gasteiger partial charge is 0.493 e. The van der Waals surface area contributed by atoms with E-state index in [1.54, 1.807) is 6.20 Å². The van der Waals surface area contributed by atoms with Gasteiger partial charge in [-0.25, -0.2) is 0 Å². The quantitative estimate of drug-likeness (QED) is 0.852. The lowest BCUT2D eigenvalue weighted by Gasteiger charge is -2.08. The summed E-state index contributed by atoms with van der Waals surface area (Å²) in [5.41, 5.74) is 0.702. The summed E-state index contributed by atoms with van der Waals surface area (Å²) in [6.45, 7) is 1.91. The van der Waals surface area contributed by atoms with Crippen LogP contribution in [-0.4, -0.2) is 35.0 Å². The van der Waals surface area contributed by atoms with E-state index >= 15 is 0 Å². The molecule has 2 aromatic rings. The van der Waals surface area contributed by atoms with Gasteiger partial charge in [-0.3, -0.25) is 9.48 Å². The molecule has 1 atom stereocenters. The summed E-state index contributed by atoms with van der Waals surface area (Å²) in [6, 6.07) is 9.46. The first-order valence-corrected chi connectivity index (χ1v) is 7.91. The average Bonchev–Trinajstić information content (AvgIpc) is 3.21. The van der Waals surface area contributed by atoms with Crippen LogP contribution in [0.2, 0.25) is 0 Å². The number of benzene rings is 1. The third-order valence-electron chi connectivity index (χ3n) is 3.67. The summed E-state index contributed by atoms with van der Waals surface area (Å²) in [5.74, 6) is 0.683. The second kappa shape index (κ2) is 7.78. The SMILES string of the molecule is O=C(CCOc1ccccc1)Nc1cnn(CC2CCCO2)c1. The molecule has 1 aliphatic rings. The minimum atomic E-state index is -0.0856. The van der Waals surface area contributed by atoms with Gasteiger partial charge in [-0.15, -0.1) is 0 Å². The van der Waals surface area contributed by atoms with Crippen molar-refractivity contribution in [1.82, 2.24) is 9.78 Å². The summed E-state index contributed by atoms with van der Waals surface area (Å²) < 4.78 is 12.9. The monoisotopic (exact) mass is 315 g/mol. The Bertz CT molecular complexity index is 621. The van der Waals surface area contributed by atoms with Crippen LogP contribution in [0.1, 0.15) is 19.3 Å². The van der Waals surface area contributed by atoms with Crippen molar-refractivity contribution in [1.29, 1.82) is 0 Å². The molecule has 1 fully saturated rings. The van der Waals surface area contributed by atoms with Crippen LogP contribution in [0.5, 0.6) is 5.75 Å². The number of ether oxygens (including phenoxy) is 2. The van der Waals surface area contributed by atoms with E-state index in [1.807, 2.05) is 41.2 Å². The molecule has 0 bridgehead atoms. The lowest BCUT2D eigenvalue weighted by molar-refractivity contribution is -0.116. The number of carbonyl (C=O) groups is 1. The fraction of sp³-hybridized carbons (Fsp3) is 0.412. The molecule has 1 aromatic carbocycles. The Morgan fingerprint density at radius 1 is 1.39 bits per heavy atom. The van der Waals surface area contributed by atoms with Gasteiger partial charge < -0.3 is 14.8 Å². The molecule has 6 heteroatoms. The van der Waals surface area contributed by atoms with E-state index in [9.17, 15) is 4.79 Å². The standard InChI is InChI=1S/C17H21N3O3/c21-17(8-10-23-15-5-2-1-3-6-15)19-14-11-18-20(12-14)13-16-7-4-9-22-16/h1-3,5-6,11-12,16H,4,7-10,13H2,(H,19,21). The van der Waals surface area contributed by atoms with Gasteiger partial charge in [-0.05, 0) is 25.0 Å². The van der Waals surface area contributed by atoms with Gasteiger partial charge in [-0.1, -0.05) is 18.2 Å². The van der Waals surface area contributed by atoms with Crippen molar-refractivity contribution in [2.45, 2.75) is 31.9 Å². The van der Waals surface area contributed by atoms with Crippen LogP contribution in [0.4, 0.5) is 5.69 Å². The molecule has 2 heterocycles. The number of nitrogens with zero attached hydrogens (tertiary/aromatic N) is 2. The molecule has 1 unspecified atom stereocenters. The van der Waals surface area contributed by atoms with E-state index in [4.69, 9.17) is 9.47 Å². The van der Waals surface area contributed by atoms with Gasteiger partial charge in [0.1, 0.15) is 5.75 Å². The molecule has 1 aliphatic heterocycles. The number of anilines is 1. The first-order valence-electron chi connectivity index (χ1n) is 7.91. The Morgan fingerprint density at radius 3 is 3.04 bits per heavy atom. The summed E-state index contributed by atoms with van der Waals surface area (Å²) in [7, 11) is 0. The minimum absolute atomic E-state index is 0.0856. The molecule has 0 spiro atoms. The zero-order valence-electron chi connectivity index (χ0n) is 13.0. The maximum Gasteiger partial charge on any atom is 0.227 e. The first kappa shape index (κ1) is 15.6. The van der Waals surface area contributed by atoms with Crippen molar-refractivity contribution in [2.75, 3.05) is 18.5 Å². The Labute approximate surface area is 135 Å². The van der Waals surface area contributed by atoms with E-state index in [1.165, 1.54) is 0 Å². The highest BCUT2D eigenvalue weighted by Gasteiger charge is 2.16. The number of para-hydroxylation sites is 1. The maximum atomic E-state index is 11.9. The zero-order chi connectivity index (χ0) is 15.9. The molecule has 1 aromatic heterocycles. The van der Waals surface area contributed by atoms with Crippen LogP contribution < -0.4 is 10.1 Å². The third-order valence-corrected chi connectivity index (χ3v) is 3.67. The average molecular weight is 315 g/mol. The van der Waals surface area contributed by atoms with E-state index in [2.05, 4.69) is 10.4 Å². The molecular weight excluding hydrogens is 294 g/mol. The summed E-state index contributed by atoms with van der Waals surface area (Å²) in [6.07, 6.45) is 6.20. The molecule has 1 saturated heterocycles. The zero-order valence-corrected chi connectivity index (χ0v) is 13.0. The Kier molecular flexibility index (Phi) is 5.26. The molecule has 23 heavy (non-hydrogen) atoms. The Morgan fingerprint density at radius 2 is 2.26 bits per heavy atom. The van der Waals surface area contributed by atoms with Crippen LogP contribution in [-0.2, 0) is 16.1 Å². The number of carbonyl (C=O) groups excluding carboxylic acids is 1. The summed E-state index contributed by atoms with van der Waals surface area (Å²) >= 11 is 0. The van der Waals surface area contributed by atoms with Gasteiger partial charge >= 0.3 is 0 Å². The molecule has 122 valence electrons. The Hall–Kier alpha value is -2.34. The van der Waals surface area contributed by atoms with Crippen molar-refractivity contribution in [3.05, 3.63) is 42.7 Å². The fourth-order valence-electron chi connectivity index (χ4n) is 2.53. The molecule has 0 saturated carbocycles. The normalized spacial score (nSPS) is 17.1. The van der Waals surface area contributed by atoms with Gasteiger partial charge in [-0.2, -0.15) is 5.10 Å².